The lowest BCUT2D eigenvalue weighted by atomic mass is 9.95. The molecule has 2 aromatic rings. The number of carbonyl (C=O) groups excluding carboxylic acids is 1. The number of hydrogen-bond donors (Lipinski definition) is 0. The summed E-state index contributed by atoms with van der Waals surface area (Å²) in [5.41, 5.74) is 2.28. The quantitative estimate of drug-likeness (QED) is 0.869. The molecule has 0 radical (unpaired) electrons. The van der Waals surface area contributed by atoms with Crippen LogP contribution in [-0.2, 0) is 12.1 Å². The fourth-order valence-electron chi connectivity index (χ4n) is 2.78. The number of ether oxygens (including phenoxy) is 1. The minimum absolute atomic E-state index is 0.00795. The molecule has 0 aliphatic carbocycles. The summed E-state index contributed by atoms with van der Waals surface area (Å²) in [7, 11) is 1.64. The zero-order valence-electron chi connectivity index (χ0n) is 12.5. The Morgan fingerprint density at radius 2 is 1.90 bits per heavy atom. The van der Waals surface area contributed by atoms with Gasteiger partial charge in [0.15, 0.2) is 0 Å². The summed E-state index contributed by atoms with van der Waals surface area (Å²) in [5.74, 6) is 0.808. The van der Waals surface area contributed by atoms with Crippen molar-refractivity contribution < 1.29 is 9.53 Å². The van der Waals surface area contributed by atoms with Gasteiger partial charge in [0.05, 0.1) is 12.6 Å². The van der Waals surface area contributed by atoms with Crippen molar-refractivity contribution in [3.8, 4) is 5.75 Å². The molecule has 2 heterocycles. The van der Waals surface area contributed by atoms with Crippen molar-refractivity contribution in [2.24, 2.45) is 0 Å². The number of amides is 1. The Morgan fingerprint density at radius 1 is 1.19 bits per heavy atom. The number of aromatic nitrogens is 1. The van der Waals surface area contributed by atoms with Gasteiger partial charge >= 0.3 is 0 Å². The number of pyridine rings is 1. The molecular formula is C17H18N2O2. The maximum absolute atomic E-state index is 12.6. The van der Waals surface area contributed by atoms with Crippen LogP contribution in [0.15, 0.2) is 42.6 Å². The highest BCUT2D eigenvalue weighted by Crippen LogP contribution is 2.38. The van der Waals surface area contributed by atoms with Crippen LogP contribution in [0.2, 0.25) is 0 Å². The van der Waals surface area contributed by atoms with E-state index >= 15 is 0 Å². The van der Waals surface area contributed by atoms with Gasteiger partial charge in [0.25, 0.3) is 5.91 Å². The van der Waals surface area contributed by atoms with Gasteiger partial charge in [0, 0.05) is 18.3 Å². The lowest BCUT2D eigenvalue weighted by molar-refractivity contribution is 0.0592. The molecule has 0 N–H and O–H groups in total. The molecule has 1 amide bonds. The molecule has 0 fully saturated rings. The van der Waals surface area contributed by atoms with Gasteiger partial charge in [-0.25, -0.2) is 0 Å². The molecule has 4 nitrogen and oxygen atoms in total. The smallest absolute Gasteiger partial charge is 0.273 e. The Bertz CT molecular complexity index is 677. The number of rotatable bonds is 3. The van der Waals surface area contributed by atoms with E-state index in [0.29, 0.717) is 12.2 Å². The molecule has 3 rings (SSSR count). The number of methoxy groups -OCH3 is 1. The predicted molar refractivity (Wildman–Crippen MR) is 80.1 cm³/mol. The summed E-state index contributed by atoms with van der Waals surface area (Å²) in [5, 5.41) is 0. The molecule has 0 unspecified atom stereocenters. The van der Waals surface area contributed by atoms with Crippen LogP contribution in [0.25, 0.3) is 0 Å². The van der Waals surface area contributed by atoms with Crippen molar-refractivity contribution in [2.75, 3.05) is 7.11 Å². The van der Waals surface area contributed by atoms with Crippen molar-refractivity contribution in [1.82, 2.24) is 9.88 Å². The van der Waals surface area contributed by atoms with Crippen molar-refractivity contribution in [3.63, 3.8) is 0 Å². The van der Waals surface area contributed by atoms with E-state index in [9.17, 15) is 4.79 Å². The number of carbonyl (C=O) groups is 1. The van der Waals surface area contributed by atoms with E-state index in [2.05, 4.69) is 18.8 Å². The second-order valence-electron chi connectivity index (χ2n) is 5.70. The van der Waals surface area contributed by atoms with Gasteiger partial charge in [-0.1, -0.05) is 18.2 Å². The number of fused-ring (bicyclic) bond motifs is 1. The Balaban J connectivity index is 1.91. The summed E-state index contributed by atoms with van der Waals surface area (Å²) in [6.07, 6.45) is 1.67. The Kier molecular flexibility index (Phi) is 3.16. The highest BCUT2D eigenvalue weighted by molar-refractivity contribution is 5.97. The molecule has 108 valence electrons. The molecule has 4 heteroatoms. The van der Waals surface area contributed by atoms with E-state index in [1.807, 2.05) is 41.3 Å². The third-order valence-corrected chi connectivity index (χ3v) is 4.09. The van der Waals surface area contributed by atoms with Crippen LogP contribution in [0.5, 0.6) is 5.75 Å². The lowest BCUT2D eigenvalue weighted by Gasteiger charge is -2.32. The van der Waals surface area contributed by atoms with Gasteiger partial charge in [-0.3, -0.25) is 9.78 Å². The fraction of sp³-hybridized carbons (Fsp3) is 0.294. The highest BCUT2D eigenvalue weighted by Gasteiger charge is 2.43. The number of benzene rings is 1. The minimum Gasteiger partial charge on any atom is -0.497 e. The normalized spacial score (nSPS) is 16.0. The summed E-state index contributed by atoms with van der Waals surface area (Å²) < 4.78 is 5.16. The molecule has 0 bridgehead atoms. The summed E-state index contributed by atoms with van der Waals surface area (Å²) in [6, 6.07) is 11.7. The van der Waals surface area contributed by atoms with E-state index in [1.165, 1.54) is 0 Å². The SMILES string of the molecule is COc1ccc(CN2C(=O)c3ncccc3C2(C)C)cc1. The Labute approximate surface area is 124 Å². The average Bonchev–Trinajstić information content (AvgIpc) is 2.70. The average molecular weight is 282 g/mol. The number of hydrogen-bond acceptors (Lipinski definition) is 3. The Morgan fingerprint density at radius 3 is 2.52 bits per heavy atom. The summed E-state index contributed by atoms with van der Waals surface area (Å²) >= 11 is 0. The standard InChI is InChI=1S/C17H18N2O2/c1-17(2)14-5-4-10-18-15(14)16(20)19(17)11-12-6-8-13(21-3)9-7-12/h4-10H,11H2,1-3H3. The molecule has 0 spiro atoms. The predicted octanol–water partition coefficient (Wildman–Crippen LogP) is 2.98. The molecule has 1 aliphatic heterocycles. The van der Waals surface area contributed by atoms with Gasteiger partial charge in [-0.05, 0) is 37.6 Å². The van der Waals surface area contributed by atoms with Crippen LogP contribution < -0.4 is 4.74 Å². The van der Waals surface area contributed by atoms with Crippen LogP contribution >= 0.6 is 0 Å². The van der Waals surface area contributed by atoms with Gasteiger partial charge < -0.3 is 9.64 Å². The first-order chi connectivity index (χ1) is 10.0. The van der Waals surface area contributed by atoms with Crippen molar-refractivity contribution in [2.45, 2.75) is 25.9 Å². The maximum Gasteiger partial charge on any atom is 0.273 e. The third kappa shape index (κ3) is 2.17. The molecule has 0 atom stereocenters. The lowest BCUT2D eigenvalue weighted by Crippen LogP contribution is -2.38. The molecule has 0 saturated heterocycles. The number of nitrogens with zero attached hydrogens (tertiary/aromatic N) is 2. The summed E-state index contributed by atoms with van der Waals surface area (Å²) in [4.78, 5) is 18.7. The van der Waals surface area contributed by atoms with Gasteiger partial charge in [-0.2, -0.15) is 0 Å². The second kappa shape index (κ2) is 4.88. The van der Waals surface area contributed by atoms with Crippen LogP contribution in [0.3, 0.4) is 0 Å². The molecule has 21 heavy (non-hydrogen) atoms. The van der Waals surface area contributed by atoms with Crippen molar-refractivity contribution in [3.05, 3.63) is 59.4 Å². The van der Waals surface area contributed by atoms with Gasteiger partial charge in [-0.15, -0.1) is 0 Å². The monoisotopic (exact) mass is 282 g/mol. The molecule has 1 aromatic carbocycles. The van der Waals surface area contributed by atoms with E-state index in [1.54, 1.807) is 13.3 Å². The van der Waals surface area contributed by atoms with Gasteiger partial charge in [0.2, 0.25) is 0 Å². The first kappa shape index (κ1) is 13.6. The minimum atomic E-state index is -0.347. The maximum atomic E-state index is 12.6. The molecule has 1 aliphatic rings. The van der Waals surface area contributed by atoms with E-state index in [0.717, 1.165) is 16.9 Å². The fourth-order valence-corrected chi connectivity index (χ4v) is 2.78. The zero-order valence-corrected chi connectivity index (χ0v) is 12.5. The van der Waals surface area contributed by atoms with Gasteiger partial charge in [0.1, 0.15) is 11.4 Å². The third-order valence-electron chi connectivity index (χ3n) is 4.09. The first-order valence-corrected chi connectivity index (χ1v) is 6.94. The Hall–Kier alpha value is -2.36. The van der Waals surface area contributed by atoms with Crippen LogP contribution in [0.1, 0.15) is 35.5 Å². The van der Waals surface area contributed by atoms with E-state index in [4.69, 9.17) is 4.74 Å². The molecular weight excluding hydrogens is 264 g/mol. The molecule has 0 saturated carbocycles. The first-order valence-electron chi connectivity index (χ1n) is 6.94. The van der Waals surface area contributed by atoms with Crippen LogP contribution in [0.4, 0.5) is 0 Å². The van der Waals surface area contributed by atoms with Crippen molar-refractivity contribution >= 4 is 5.91 Å². The molecule has 1 aromatic heterocycles. The van der Waals surface area contributed by atoms with Crippen molar-refractivity contribution in [1.29, 1.82) is 0 Å². The van der Waals surface area contributed by atoms with Crippen LogP contribution in [0, 0.1) is 0 Å². The second-order valence-corrected chi connectivity index (χ2v) is 5.70. The largest absolute Gasteiger partial charge is 0.497 e. The summed E-state index contributed by atoms with van der Waals surface area (Å²) in [6.45, 7) is 4.68. The highest BCUT2D eigenvalue weighted by atomic mass is 16.5. The van der Waals surface area contributed by atoms with E-state index < -0.39 is 0 Å². The zero-order chi connectivity index (χ0) is 15.0. The topological polar surface area (TPSA) is 42.4 Å². The van der Waals surface area contributed by atoms with Crippen LogP contribution in [-0.4, -0.2) is 22.9 Å². The van der Waals surface area contributed by atoms with E-state index in [-0.39, 0.29) is 11.4 Å².